The zero-order valence-electron chi connectivity index (χ0n) is 16.0. The minimum absolute atomic E-state index is 0.101. The van der Waals surface area contributed by atoms with Gasteiger partial charge in [0, 0.05) is 38.4 Å². The third kappa shape index (κ3) is 4.37. The average Bonchev–Trinajstić information content (AvgIpc) is 3.16. The lowest BCUT2D eigenvalue weighted by Crippen LogP contribution is -2.51. The van der Waals surface area contributed by atoms with Crippen molar-refractivity contribution >= 4 is 11.8 Å². The van der Waals surface area contributed by atoms with E-state index in [1.54, 1.807) is 23.3 Å². The molecule has 0 radical (unpaired) electrons. The van der Waals surface area contributed by atoms with Crippen LogP contribution in [0.3, 0.4) is 0 Å². The minimum Gasteiger partial charge on any atom is -0.347 e. The van der Waals surface area contributed by atoms with E-state index in [0.29, 0.717) is 37.7 Å². The molecule has 4 rings (SSSR count). The van der Waals surface area contributed by atoms with Gasteiger partial charge in [-0.15, -0.1) is 5.10 Å². The molecule has 1 N–H and O–H groups in total. The van der Waals surface area contributed by atoms with Crippen molar-refractivity contribution in [2.45, 2.75) is 51.1 Å². The van der Waals surface area contributed by atoms with Crippen molar-refractivity contribution in [3.8, 4) is 0 Å². The van der Waals surface area contributed by atoms with Gasteiger partial charge in [0.05, 0.1) is 12.2 Å². The summed E-state index contributed by atoms with van der Waals surface area (Å²) in [5.74, 6) is 0.550. The molecule has 2 aromatic rings. The number of hydrogen-bond donors (Lipinski definition) is 1. The fourth-order valence-electron chi connectivity index (χ4n) is 3.93. The van der Waals surface area contributed by atoms with E-state index in [2.05, 4.69) is 20.6 Å². The largest absolute Gasteiger partial charge is 0.347 e. The number of aromatic nitrogens is 4. The molecule has 8 nitrogen and oxygen atoms in total. The Morgan fingerprint density at radius 3 is 2.61 bits per heavy atom. The molecule has 8 heteroatoms. The summed E-state index contributed by atoms with van der Waals surface area (Å²) in [6.07, 6.45) is 11.9. The summed E-state index contributed by atoms with van der Waals surface area (Å²) in [6, 6.07) is 3.80. The zero-order valence-corrected chi connectivity index (χ0v) is 16.0. The number of nitrogens with zero attached hydrogens (tertiary/aromatic N) is 5. The van der Waals surface area contributed by atoms with Crippen LogP contribution in [0, 0.1) is 5.92 Å². The Morgan fingerprint density at radius 2 is 1.86 bits per heavy atom. The molecule has 0 atom stereocenters. The van der Waals surface area contributed by atoms with Crippen molar-refractivity contribution in [3.05, 3.63) is 42.0 Å². The van der Waals surface area contributed by atoms with E-state index in [1.807, 2.05) is 17.0 Å². The van der Waals surface area contributed by atoms with Crippen molar-refractivity contribution in [1.29, 1.82) is 0 Å². The van der Waals surface area contributed by atoms with Crippen molar-refractivity contribution in [1.82, 2.24) is 30.2 Å². The van der Waals surface area contributed by atoms with E-state index in [0.717, 1.165) is 5.56 Å². The Kier molecular flexibility index (Phi) is 5.64. The number of likely N-dealkylation sites (tertiary alicyclic amines) is 1. The molecule has 0 unspecified atom stereocenters. The summed E-state index contributed by atoms with van der Waals surface area (Å²) in [5.41, 5.74) is 1.27. The summed E-state index contributed by atoms with van der Waals surface area (Å²) < 4.78 is 1.70. The molecule has 2 fully saturated rings. The van der Waals surface area contributed by atoms with E-state index in [9.17, 15) is 9.59 Å². The highest BCUT2D eigenvalue weighted by molar-refractivity contribution is 5.91. The lowest BCUT2D eigenvalue weighted by Gasteiger charge is -2.39. The number of carbonyl (C=O) groups excluding carboxylic acids is 2. The number of pyridine rings is 1. The molecule has 28 heavy (non-hydrogen) atoms. The highest BCUT2D eigenvalue weighted by Gasteiger charge is 2.34. The second-order valence-corrected chi connectivity index (χ2v) is 7.78. The van der Waals surface area contributed by atoms with Crippen LogP contribution in [-0.2, 0) is 11.3 Å². The Balaban J connectivity index is 1.24. The first-order valence-electron chi connectivity index (χ1n) is 10.1. The summed E-state index contributed by atoms with van der Waals surface area (Å²) in [5, 5.41) is 10.9. The maximum absolute atomic E-state index is 12.4. The predicted molar refractivity (Wildman–Crippen MR) is 102 cm³/mol. The molecule has 1 aliphatic heterocycles. The van der Waals surface area contributed by atoms with Gasteiger partial charge in [0.2, 0.25) is 5.91 Å². The van der Waals surface area contributed by atoms with Crippen LogP contribution in [0.4, 0.5) is 0 Å². The van der Waals surface area contributed by atoms with Crippen molar-refractivity contribution in [2.75, 3.05) is 13.1 Å². The zero-order chi connectivity index (χ0) is 19.3. The number of rotatable bonds is 6. The first-order valence-corrected chi connectivity index (χ1v) is 10.1. The third-order valence-electron chi connectivity index (χ3n) is 5.72. The maximum Gasteiger partial charge on any atom is 0.273 e. The van der Waals surface area contributed by atoms with Crippen LogP contribution in [0.1, 0.15) is 60.6 Å². The van der Waals surface area contributed by atoms with Crippen LogP contribution >= 0.6 is 0 Å². The van der Waals surface area contributed by atoms with Crippen LogP contribution in [-0.4, -0.2) is 49.8 Å². The van der Waals surface area contributed by atoms with E-state index in [-0.39, 0.29) is 17.9 Å². The lowest BCUT2D eigenvalue weighted by molar-refractivity contribution is -0.138. The molecule has 3 heterocycles. The van der Waals surface area contributed by atoms with Crippen LogP contribution in [0.5, 0.6) is 0 Å². The summed E-state index contributed by atoms with van der Waals surface area (Å²) in [7, 11) is 0. The van der Waals surface area contributed by atoms with Crippen molar-refractivity contribution in [2.24, 2.45) is 5.92 Å². The fourth-order valence-corrected chi connectivity index (χ4v) is 3.93. The molecular formula is C20H26N6O2. The van der Waals surface area contributed by atoms with Crippen molar-refractivity contribution < 1.29 is 9.59 Å². The van der Waals surface area contributed by atoms with Crippen LogP contribution in [0.25, 0.3) is 0 Å². The predicted octanol–water partition coefficient (Wildman–Crippen LogP) is 1.96. The number of nitrogens with one attached hydrogen (secondary N) is 1. The third-order valence-corrected chi connectivity index (χ3v) is 5.72. The average molecular weight is 382 g/mol. The molecule has 148 valence electrons. The monoisotopic (exact) mass is 382 g/mol. The molecule has 1 saturated heterocycles. The van der Waals surface area contributed by atoms with Crippen LogP contribution < -0.4 is 5.32 Å². The fraction of sp³-hybridized carbons (Fsp3) is 0.550. The number of amides is 2. The molecule has 2 aliphatic rings. The van der Waals surface area contributed by atoms with Gasteiger partial charge in [0.25, 0.3) is 5.91 Å². The molecule has 0 bridgehead atoms. The molecule has 2 amide bonds. The Hall–Kier alpha value is -2.77. The van der Waals surface area contributed by atoms with Gasteiger partial charge in [-0.05, 0) is 36.5 Å². The van der Waals surface area contributed by atoms with E-state index in [1.165, 1.54) is 32.1 Å². The summed E-state index contributed by atoms with van der Waals surface area (Å²) >= 11 is 0. The molecule has 0 spiro atoms. The van der Waals surface area contributed by atoms with Gasteiger partial charge in [-0.3, -0.25) is 14.6 Å². The van der Waals surface area contributed by atoms with E-state index >= 15 is 0 Å². The van der Waals surface area contributed by atoms with Gasteiger partial charge in [-0.1, -0.05) is 24.5 Å². The lowest BCUT2D eigenvalue weighted by atomic mass is 9.86. The van der Waals surface area contributed by atoms with Crippen molar-refractivity contribution in [3.63, 3.8) is 0 Å². The van der Waals surface area contributed by atoms with Gasteiger partial charge < -0.3 is 10.2 Å². The Bertz CT molecular complexity index is 809. The van der Waals surface area contributed by atoms with E-state index in [4.69, 9.17) is 0 Å². The first-order chi connectivity index (χ1) is 13.7. The van der Waals surface area contributed by atoms with Crippen LogP contribution in [0.15, 0.2) is 30.7 Å². The number of carbonyl (C=O) groups is 2. The normalized spacial score (nSPS) is 17.9. The Labute approximate surface area is 164 Å². The molecule has 1 aliphatic carbocycles. The minimum atomic E-state index is -0.257. The summed E-state index contributed by atoms with van der Waals surface area (Å²) in [4.78, 5) is 30.5. The highest BCUT2D eigenvalue weighted by atomic mass is 16.2. The van der Waals surface area contributed by atoms with Gasteiger partial charge in [0.1, 0.15) is 0 Å². The SMILES string of the molecule is O=C(NCc1ccncc1)c1cn(C2CN(C(=O)CC3CCCCC3)C2)nn1. The number of hydrogen-bond acceptors (Lipinski definition) is 5. The second kappa shape index (κ2) is 8.50. The van der Waals surface area contributed by atoms with Gasteiger partial charge in [0.15, 0.2) is 5.69 Å². The standard InChI is InChI=1S/C20H26N6O2/c27-19(10-15-4-2-1-3-5-15)25-12-17(13-25)26-14-18(23-24-26)20(28)22-11-16-6-8-21-9-7-16/h6-9,14-15,17H,1-5,10-13H2,(H,22,28). The molecule has 2 aromatic heterocycles. The highest BCUT2D eigenvalue weighted by Crippen LogP contribution is 2.29. The molecule has 1 saturated carbocycles. The second-order valence-electron chi connectivity index (χ2n) is 7.78. The maximum atomic E-state index is 12.4. The van der Waals surface area contributed by atoms with E-state index < -0.39 is 0 Å². The quantitative estimate of drug-likeness (QED) is 0.824. The van der Waals surface area contributed by atoms with Gasteiger partial charge in [-0.2, -0.15) is 0 Å². The molecule has 0 aromatic carbocycles. The Morgan fingerprint density at radius 1 is 1.11 bits per heavy atom. The van der Waals surface area contributed by atoms with Crippen LogP contribution in [0.2, 0.25) is 0 Å². The summed E-state index contributed by atoms with van der Waals surface area (Å²) in [6.45, 7) is 1.71. The molecular weight excluding hydrogens is 356 g/mol. The smallest absolute Gasteiger partial charge is 0.273 e. The van der Waals surface area contributed by atoms with Gasteiger partial charge in [-0.25, -0.2) is 4.68 Å². The first kappa shape index (κ1) is 18.6. The topological polar surface area (TPSA) is 93.0 Å². The van der Waals surface area contributed by atoms with Gasteiger partial charge >= 0.3 is 0 Å².